The van der Waals surface area contributed by atoms with E-state index in [1.807, 2.05) is 11.6 Å². The van der Waals surface area contributed by atoms with E-state index in [9.17, 15) is 9.18 Å². The van der Waals surface area contributed by atoms with Crippen molar-refractivity contribution in [1.82, 2.24) is 25.0 Å². The van der Waals surface area contributed by atoms with Gasteiger partial charge in [0.25, 0.3) is 0 Å². The molecule has 1 N–H and O–H groups in total. The molecule has 2 heterocycles. The summed E-state index contributed by atoms with van der Waals surface area (Å²) in [6.45, 7) is 2.37. The van der Waals surface area contributed by atoms with Crippen molar-refractivity contribution < 1.29 is 13.9 Å². The number of halogens is 1. The average molecular weight is 347 g/mol. The zero-order chi connectivity index (χ0) is 18.0. The number of carbonyl (C=O) groups excluding carboxylic acids is 1. The highest BCUT2D eigenvalue weighted by Crippen LogP contribution is 2.32. The van der Waals surface area contributed by atoms with Gasteiger partial charge in [0.1, 0.15) is 17.9 Å². The number of aryl methyl sites for hydroxylation is 1. The molecule has 2 atom stereocenters. The second-order valence-electron chi connectivity index (χ2n) is 6.18. The smallest absolute Gasteiger partial charge is 0.318 e. The number of likely N-dealkylation sites (tertiary alicyclic amines) is 1. The lowest BCUT2D eigenvalue weighted by molar-refractivity contribution is 0.186. The fourth-order valence-corrected chi connectivity index (χ4v) is 3.33. The average Bonchev–Trinajstić information content (AvgIpc) is 3.22. The summed E-state index contributed by atoms with van der Waals surface area (Å²) in [7, 11) is 3.34. The molecule has 0 unspecified atom stereocenters. The molecule has 0 radical (unpaired) electrons. The first kappa shape index (κ1) is 17.2. The van der Waals surface area contributed by atoms with Gasteiger partial charge in [0.15, 0.2) is 5.82 Å². The Morgan fingerprint density at radius 1 is 1.48 bits per heavy atom. The Bertz CT molecular complexity index is 763. The number of amides is 2. The van der Waals surface area contributed by atoms with Crippen LogP contribution in [0.2, 0.25) is 0 Å². The third-order valence-corrected chi connectivity index (χ3v) is 4.56. The molecule has 1 fully saturated rings. The Labute approximate surface area is 145 Å². The lowest BCUT2D eigenvalue weighted by Gasteiger charge is -2.26. The van der Waals surface area contributed by atoms with Crippen LogP contribution in [0.5, 0.6) is 5.75 Å². The number of urea groups is 1. The second-order valence-corrected chi connectivity index (χ2v) is 6.18. The van der Waals surface area contributed by atoms with Gasteiger partial charge in [0.05, 0.1) is 24.8 Å². The van der Waals surface area contributed by atoms with Gasteiger partial charge in [-0.15, -0.1) is 10.2 Å². The quantitative estimate of drug-likeness (QED) is 0.923. The first-order valence-electron chi connectivity index (χ1n) is 8.26. The molecule has 0 spiro atoms. The molecule has 1 aliphatic rings. The van der Waals surface area contributed by atoms with E-state index in [4.69, 9.17) is 4.74 Å². The highest BCUT2D eigenvalue weighted by molar-refractivity contribution is 5.75. The molecule has 1 aromatic heterocycles. The zero-order valence-electron chi connectivity index (χ0n) is 14.6. The highest BCUT2D eigenvalue weighted by atomic mass is 19.1. The van der Waals surface area contributed by atoms with Crippen LogP contribution in [0.1, 0.15) is 43.2 Å². The molecule has 7 nitrogen and oxygen atoms in total. The van der Waals surface area contributed by atoms with Crippen molar-refractivity contribution in [3.05, 3.63) is 41.7 Å². The van der Waals surface area contributed by atoms with Crippen LogP contribution in [-0.4, -0.2) is 39.4 Å². The van der Waals surface area contributed by atoms with Crippen LogP contribution < -0.4 is 10.1 Å². The van der Waals surface area contributed by atoms with E-state index in [0.717, 1.165) is 18.7 Å². The number of benzene rings is 1. The van der Waals surface area contributed by atoms with Crippen molar-refractivity contribution in [3.63, 3.8) is 0 Å². The van der Waals surface area contributed by atoms with E-state index in [-0.39, 0.29) is 12.1 Å². The maximum absolute atomic E-state index is 14.2. The molecule has 25 heavy (non-hydrogen) atoms. The maximum atomic E-state index is 14.2. The van der Waals surface area contributed by atoms with E-state index in [1.165, 1.54) is 13.2 Å². The van der Waals surface area contributed by atoms with E-state index < -0.39 is 11.9 Å². The molecule has 2 aromatic rings. The SMILES string of the molecule is COc1cccc(F)c1[C@@H](C)NC(=O)N1CCC[C@H]1c1nncn1C. The first-order chi connectivity index (χ1) is 12.0. The van der Waals surface area contributed by atoms with Crippen molar-refractivity contribution in [2.75, 3.05) is 13.7 Å². The molecule has 0 bridgehead atoms. The fourth-order valence-electron chi connectivity index (χ4n) is 3.33. The van der Waals surface area contributed by atoms with E-state index >= 15 is 0 Å². The van der Waals surface area contributed by atoms with Gasteiger partial charge in [-0.1, -0.05) is 6.07 Å². The minimum Gasteiger partial charge on any atom is -0.496 e. The summed E-state index contributed by atoms with van der Waals surface area (Å²) in [5.41, 5.74) is 0.341. The van der Waals surface area contributed by atoms with Gasteiger partial charge in [0, 0.05) is 13.6 Å². The van der Waals surface area contributed by atoms with Crippen LogP contribution in [0.15, 0.2) is 24.5 Å². The molecule has 1 saturated heterocycles. The van der Waals surface area contributed by atoms with E-state index in [1.54, 1.807) is 30.3 Å². The molecule has 0 saturated carbocycles. The second kappa shape index (κ2) is 7.08. The first-order valence-corrected chi connectivity index (χ1v) is 8.26. The normalized spacial score (nSPS) is 18.2. The fraction of sp³-hybridized carbons (Fsp3) is 0.471. The molecular formula is C17H22FN5O2. The number of nitrogens with zero attached hydrogens (tertiary/aromatic N) is 4. The molecule has 134 valence electrons. The van der Waals surface area contributed by atoms with E-state index in [0.29, 0.717) is 17.9 Å². The van der Waals surface area contributed by atoms with Crippen LogP contribution >= 0.6 is 0 Å². The minimum atomic E-state index is -0.524. The summed E-state index contributed by atoms with van der Waals surface area (Å²) in [5, 5.41) is 10.9. The third-order valence-electron chi connectivity index (χ3n) is 4.56. The van der Waals surface area contributed by atoms with Gasteiger partial charge in [-0.3, -0.25) is 0 Å². The molecule has 0 aliphatic carbocycles. The number of methoxy groups -OCH3 is 1. The third kappa shape index (κ3) is 3.29. The van der Waals surface area contributed by atoms with Crippen LogP contribution in [0, 0.1) is 5.82 Å². The van der Waals surface area contributed by atoms with Crippen molar-refractivity contribution >= 4 is 6.03 Å². The van der Waals surface area contributed by atoms with E-state index in [2.05, 4.69) is 15.5 Å². The number of nitrogens with one attached hydrogen (secondary N) is 1. The largest absolute Gasteiger partial charge is 0.496 e. The van der Waals surface area contributed by atoms with Crippen LogP contribution in [-0.2, 0) is 7.05 Å². The maximum Gasteiger partial charge on any atom is 0.318 e. The van der Waals surface area contributed by atoms with Crippen molar-refractivity contribution in [3.8, 4) is 5.75 Å². The summed E-state index contributed by atoms with van der Waals surface area (Å²) in [5.74, 6) is 0.765. The molecule has 3 rings (SSSR count). The number of rotatable bonds is 4. The Hall–Kier alpha value is -2.64. The number of hydrogen-bond donors (Lipinski definition) is 1. The Kier molecular flexibility index (Phi) is 4.87. The highest BCUT2D eigenvalue weighted by Gasteiger charge is 2.34. The Morgan fingerprint density at radius 2 is 2.28 bits per heavy atom. The number of carbonyl (C=O) groups is 1. The summed E-state index contributed by atoms with van der Waals surface area (Å²) in [6, 6.07) is 3.73. The zero-order valence-corrected chi connectivity index (χ0v) is 14.6. The summed E-state index contributed by atoms with van der Waals surface area (Å²) in [6.07, 6.45) is 3.34. The Morgan fingerprint density at radius 3 is 2.96 bits per heavy atom. The van der Waals surface area contributed by atoms with Crippen molar-refractivity contribution in [1.29, 1.82) is 0 Å². The topological polar surface area (TPSA) is 72.3 Å². The predicted molar refractivity (Wildman–Crippen MR) is 89.6 cm³/mol. The lowest BCUT2D eigenvalue weighted by atomic mass is 10.1. The van der Waals surface area contributed by atoms with Crippen molar-refractivity contribution in [2.45, 2.75) is 31.8 Å². The van der Waals surface area contributed by atoms with Gasteiger partial charge < -0.3 is 19.5 Å². The molecule has 1 aliphatic heterocycles. The Balaban J connectivity index is 1.77. The molecule has 8 heteroatoms. The predicted octanol–water partition coefficient (Wildman–Crippen LogP) is 2.57. The van der Waals surface area contributed by atoms with Gasteiger partial charge in [0.2, 0.25) is 0 Å². The number of aromatic nitrogens is 3. The van der Waals surface area contributed by atoms with Gasteiger partial charge in [-0.25, -0.2) is 9.18 Å². The monoisotopic (exact) mass is 347 g/mol. The van der Waals surface area contributed by atoms with Crippen LogP contribution in [0.4, 0.5) is 9.18 Å². The van der Waals surface area contributed by atoms with Crippen LogP contribution in [0.3, 0.4) is 0 Å². The van der Waals surface area contributed by atoms with Crippen LogP contribution in [0.25, 0.3) is 0 Å². The van der Waals surface area contributed by atoms with Crippen molar-refractivity contribution in [2.24, 2.45) is 7.05 Å². The molecule has 1 aromatic carbocycles. The van der Waals surface area contributed by atoms with Gasteiger partial charge in [-0.2, -0.15) is 0 Å². The molecule has 2 amide bonds. The summed E-state index contributed by atoms with van der Waals surface area (Å²) >= 11 is 0. The summed E-state index contributed by atoms with van der Waals surface area (Å²) in [4.78, 5) is 14.5. The number of hydrogen-bond acceptors (Lipinski definition) is 4. The summed E-state index contributed by atoms with van der Waals surface area (Å²) < 4.78 is 21.2. The standard InChI is InChI=1S/C17H22FN5O2/c1-11(15-12(18)6-4-8-14(15)25-3)20-17(24)23-9-5-7-13(23)16-21-19-10-22(16)2/h4,6,8,10-11,13H,5,7,9H2,1-3H3,(H,20,24)/t11-,13+/m1/s1. The number of ether oxygens (including phenoxy) is 1. The molecular weight excluding hydrogens is 325 g/mol. The lowest BCUT2D eigenvalue weighted by Crippen LogP contribution is -2.41. The minimum absolute atomic E-state index is 0.123. The van der Waals surface area contributed by atoms with Gasteiger partial charge in [-0.05, 0) is 31.9 Å². The van der Waals surface area contributed by atoms with Gasteiger partial charge >= 0.3 is 6.03 Å².